The average molecular weight is 455 g/mol. The fraction of sp³-hybridized carbons (Fsp3) is 0.947. The number of carbonyl (C=O) groups is 1. The van der Waals surface area contributed by atoms with Crippen LogP contribution in [0.5, 0.6) is 0 Å². The molecule has 0 saturated carbocycles. The molecule has 0 aliphatic heterocycles. The van der Waals surface area contributed by atoms with Crippen LogP contribution >= 0.6 is 22.6 Å². The molecule has 24 heavy (non-hydrogen) atoms. The Labute approximate surface area is 162 Å². The number of esters is 1. The van der Waals surface area contributed by atoms with Crippen molar-refractivity contribution in [2.75, 3.05) is 6.61 Å². The van der Waals surface area contributed by atoms with Gasteiger partial charge in [0, 0.05) is 3.92 Å². The molecule has 0 aromatic heterocycles. The molecule has 3 N–H and O–H groups in total. The molecular formula is C19H38INO3. The van der Waals surface area contributed by atoms with Crippen molar-refractivity contribution in [3.63, 3.8) is 0 Å². The predicted molar refractivity (Wildman–Crippen MR) is 109 cm³/mol. The molecule has 0 aromatic carbocycles. The molecule has 0 aliphatic carbocycles. The number of alkyl halides is 1. The molecule has 5 heteroatoms. The van der Waals surface area contributed by atoms with E-state index in [0.29, 0.717) is 11.8 Å². The molecule has 0 amide bonds. The van der Waals surface area contributed by atoms with Crippen molar-refractivity contribution in [3.05, 3.63) is 0 Å². The van der Waals surface area contributed by atoms with E-state index in [0.717, 1.165) is 32.1 Å². The molecular weight excluding hydrogens is 417 g/mol. The number of carbonyl (C=O) groups excluding carboxylic acids is 1. The Hall–Kier alpha value is 0.120. The lowest BCUT2D eigenvalue weighted by atomic mass is 9.85. The van der Waals surface area contributed by atoms with Gasteiger partial charge >= 0.3 is 5.97 Å². The number of halogens is 1. The Balaban J connectivity index is 5.24. The SMILES string of the molecule is CCCC(I)C(C[C@@H](CCC)C(C)C)OC(=O)C(N)(CO)C(C)C. The molecule has 0 aliphatic rings. The van der Waals surface area contributed by atoms with Crippen LogP contribution in [-0.2, 0) is 9.53 Å². The van der Waals surface area contributed by atoms with E-state index in [9.17, 15) is 9.90 Å². The Morgan fingerprint density at radius 2 is 1.71 bits per heavy atom. The van der Waals surface area contributed by atoms with Gasteiger partial charge in [-0.2, -0.15) is 0 Å². The van der Waals surface area contributed by atoms with Gasteiger partial charge in [-0.15, -0.1) is 0 Å². The van der Waals surface area contributed by atoms with E-state index in [2.05, 4.69) is 50.3 Å². The van der Waals surface area contributed by atoms with Gasteiger partial charge in [0.1, 0.15) is 11.6 Å². The van der Waals surface area contributed by atoms with Gasteiger partial charge in [-0.05, 0) is 30.6 Å². The van der Waals surface area contributed by atoms with Crippen LogP contribution in [-0.4, -0.2) is 33.3 Å². The standard InChI is InChI=1S/C19H38INO3/c1-7-9-15(13(3)4)11-17(16(20)10-8-2)24-18(23)19(21,12-22)14(5)6/h13-17,22H,7-12,21H2,1-6H3/t15-,16?,17?,19?/m1/s1. The highest BCUT2D eigenvalue weighted by atomic mass is 127. The second-order valence-electron chi connectivity index (χ2n) is 7.63. The normalized spacial score (nSPS) is 18.3. The predicted octanol–water partition coefficient (Wildman–Crippen LogP) is 4.31. The van der Waals surface area contributed by atoms with Crippen molar-refractivity contribution in [1.82, 2.24) is 0 Å². The maximum atomic E-state index is 12.7. The molecule has 4 atom stereocenters. The molecule has 144 valence electrons. The van der Waals surface area contributed by atoms with E-state index in [1.54, 1.807) is 0 Å². The van der Waals surface area contributed by atoms with Crippen LogP contribution in [0.2, 0.25) is 0 Å². The first-order valence-corrected chi connectivity index (χ1v) is 10.6. The van der Waals surface area contributed by atoms with Crippen LogP contribution in [0.1, 0.15) is 73.6 Å². The number of nitrogens with two attached hydrogens (primary N) is 1. The number of aliphatic hydroxyl groups is 1. The lowest BCUT2D eigenvalue weighted by Gasteiger charge is -2.34. The lowest BCUT2D eigenvalue weighted by molar-refractivity contribution is -0.160. The first-order chi connectivity index (χ1) is 11.1. The first-order valence-electron chi connectivity index (χ1n) is 9.38. The Kier molecular flexibility index (Phi) is 11.7. The van der Waals surface area contributed by atoms with Crippen LogP contribution < -0.4 is 5.73 Å². The topological polar surface area (TPSA) is 72.5 Å². The summed E-state index contributed by atoms with van der Waals surface area (Å²) in [5.74, 6) is 0.442. The van der Waals surface area contributed by atoms with Crippen LogP contribution in [0.25, 0.3) is 0 Å². The summed E-state index contributed by atoms with van der Waals surface area (Å²) in [6.07, 6.45) is 5.05. The van der Waals surface area contributed by atoms with E-state index in [4.69, 9.17) is 10.5 Å². The van der Waals surface area contributed by atoms with Crippen molar-refractivity contribution in [3.8, 4) is 0 Å². The fourth-order valence-corrected chi connectivity index (χ4v) is 3.92. The van der Waals surface area contributed by atoms with E-state index in [-0.39, 0.29) is 15.9 Å². The Morgan fingerprint density at radius 3 is 2.08 bits per heavy atom. The van der Waals surface area contributed by atoms with Gasteiger partial charge in [-0.25, -0.2) is 4.79 Å². The van der Waals surface area contributed by atoms with Gasteiger partial charge < -0.3 is 15.6 Å². The number of hydrogen-bond donors (Lipinski definition) is 2. The third kappa shape index (κ3) is 7.16. The fourth-order valence-electron chi connectivity index (χ4n) is 2.85. The summed E-state index contributed by atoms with van der Waals surface area (Å²) in [5.41, 5.74) is 4.81. The van der Waals surface area contributed by atoms with Gasteiger partial charge in [0.25, 0.3) is 0 Å². The first kappa shape index (κ1) is 24.1. The van der Waals surface area contributed by atoms with Crippen molar-refractivity contribution in [2.45, 2.75) is 89.2 Å². The highest BCUT2D eigenvalue weighted by Crippen LogP contribution is 2.30. The summed E-state index contributed by atoms with van der Waals surface area (Å²) in [5, 5.41) is 9.61. The highest BCUT2D eigenvalue weighted by Gasteiger charge is 2.41. The molecule has 0 aromatic rings. The zero-order valence-electron chi connectivity index (χ0n) is 16.3. The van der Waals surface area contributed by atoms with Crippen molar-refractivity contribution in [2.24, 2.45) is 23.5 Å². The summed E-state index contributed by atoms with van der Waals surface area (Å²) < 4.78 is 6.15. The molecule has 0 saturated heterocycles. The van der Waals surface area contributed by atoms with E-state index in [1.165, 1.54) is 0 Å². The minimum absolute atomic E-state index is 0.148. The summed E-state index contributed by atoms with van der Waals surface area (Å²) in [6.45, 7) is 12.1. The minimum Gasteiger partial charge on any atom is -0.460 e. The van der Waals surface area contributed by atoms with Crippen LogP contribution in [0, 0.1) is 17.8 Å². The number of hydrogen-bond acceptors (Lipinski definition) is 4. The summed E-state index contributed by atoms with van der Waals surface area (Å²) in [6, 6.07) is 0. The summed E-state index contributed by atoms with van der Waals surface area (Å²) in [7, 11) is 0. The average Bonchev–Trinajstić information content (AvgIpc) is 2.52. The zero-order chi connectivity index (χ0) is 18.9. The van der Waals surface area contributed by atoms with Gasteiger partial charge in [0.15, 0.2) is 0 Å². The third-order valence-corrected chi connectivity index (χ3v) is 6.46. The Morgan fingerprint density at radius 1 is 1.17 bits per heavy atom. The number of aliphatic hydroxyl groups excluding tert-OH is 1. The molecule has 0 radical (unpaired) electrons. The molecule has 0 spiro atoms. The monoisotopic (exact) mass is 455 g/mol. The van der Waals surface area contributed by atoms with Gasteiger partial charge in [-0.3, -0.25) is 0 Å². The van der Waals surface area contributed by atoms with Crippen LogP contribution in [0.4, 0.5) is 0 Å². The molecule has 4 nitrogen and oxygen atoms in total. The maximum absolute atomic E-state index is 12.7. The van der Waals surface area contributed by atoms with Crippen LogP contribution in [0.15, 0.2) is 0 Å². The molecule has 0 bridgehead atoms. The second-order valence-corrected chi connectivity index (χ2v) is 9.23. The summed E-state index contributed by atoms with van der Waals surface area (Å²) >= 11 is 2.40. The maximum Gasteiger partial charge on any atom is 0.329 e. The third-order valence-electron chi connectivity index (χ3n) is 5.04. The van der Waals surface area contributed by atoms with Crippen LogP contribution in [0.3, 0.4) is 0 Å². The van der Waals surface area contributed by atoms with E-state index >= 15 is 0 Å². The Bertz CT molecular complexity index is 363. The van der Waals surface area contributed by atoms with Crippen molar-refractivity contribution >= 4 is 28.6 Å². The van der Waals surface area contributed by atoms with Crippen molar-refractivity contribution in [1.29, 1.82) is 0 Å². The molecule has 0 heterocycles. The molecule has 0 fully saturated rings. The van der Waals surface area contributed by atoms with Gasteiger partial charge in [0.05, 0.1) is 6.61 Å². The van der Waals surface area contributed by atoms with Crippen molar-refractivity contribution < 1.29 is 14.6 Å². The van der Waals surface area contributed by atoms with E-state index < -0.39 is 18.1 Å². The largest absolute Gasteiger partial charge is 0.460 e. The lowest BCUT2D eigenvalue weighted by Crippen LogP contribution is -2.57. The van der Waals surface area contributed by atoms with Gasteiger partial charge in [-0.1, -0.05) is 83.4 Å². The smallest absolute Gasteiger partial charge is 0.329 e. The minimum atomic E-state index is -1.32. The number of rotatable bonds is 12. The highest BCUT2D eigenvalue weighted by molar-refractivity contribution is 14.1. The van der Waals surface area contributed by atoms with Gasteiger partial charge in [0.2, 0.25) is 0 Å². The van der Waals surface area contributed by atoms with E-state index in [1.807, 2.05) is 13.8 Å². The molecule has 3 unspecified atom stereocenters. The number of ether oxygens (including phenoxy) is 1. The quantitative estimate of drug-likeness (QED) is 0.261. The zero-order valence-corrected chi connectivity index (χ0v) is 18.5. The summed E-state index contributed by atoms with van der Waals surface area (Å²) in [4.78, 5) is 12.7. The molecule has 0 rings (SSSR count). The second kappa shape index (κ2) is 11.7.